The number of hydrogen-bond donors (Lipinski definition) is 3. The Bertz CT molecular complexity index is 655. The molecule has 0 saturated heterocycles. The Labute approximate surface area is 154 Å². The molecular weight excluding hydrogens is 332 g/mol. The monoisotopic (exact) mass is 362 g/mol. The normalized spacial score (nSPS) is 47.6. The molecule has 0 bridgehead atoms. The highest BCUT2D eigenvalue weighted by Gasteiger charge is 2.63. The van der Waals surface area contributed by atoms with E-state index in [-0.39, 0.29) is 41.8 Å². The molecule has 3 N–H and O–H groups in total. The van der Waals surface area contributed by atoms with Crippen LogP contribution in [0.4, 0.5) is 0 Å². The zero-order valence-electron chi connectivity index (χ0n) is 15.5. The third kappa shape index (κ3) is 2.26. The van der Waals surface area contributed by atoms with Crippen molar-refractivity contribution in [1.29, 1.82) is 0 Å². The van der Waals surface area contributed by atoms with Crippen LogP contribution in [0.25, 0.3) is 0 Å². The molecule has 0 amide bonds. The third-order valence-corrected chi connectivity index (χ3v) is 8.62. The summed E-state index contributed by atoms with van der Waals surface area (Å²) in [5, 5.41) is 30.5. The molecule has 0 unspecified atom stereocenters. The van der Waals surface area contributed by atoms with Gasteiger partial charge in [-0.05, 0) is 62.4 Å². The topological polar surface area (TPSA) is 94.8 Å². The Morgan fingerprint density at radius 3 is 2.65 bits per heavy atom. The predicted molar refractivity (Wildman–Crippen MR) is 95.1 cm³/mol. The van der Waals surface area contributed by atoms with E-state index in [0.717, 1.165) is 44.1 Å². The molecule has 5 heteroatoms. The summed E-state index contributed by atoms with van der Waals surface area (Å²) in [6.07, 6.45) is 6.37. The standard InChI is InChI=1S/C21H30O5/c1-20-12(8-13(24)9-19(20)26)2-3-14-15(20)6-7-21(11-23)16(14)4-5-17(21)18(25)10-22/h8,14-17,19,22-23,26H,2-7,9-11H2,1H3/t14-,15+,16+,17-,19-,20+,21-/m1/s1. The molecular formula is C21H30O5. The van der Waals surface area contributed by atoms with Crippen molar-refractivity contribution < 1.29 is 24.9 Å². The minimum atomic E-state index is -0.638. The average molecular weight is 362 g/mol. The second-order valence-corrected chi connectivity index (χ2v) is 9.24. The van der Waals surface area contributed by atoms with Crippen molar-refractivity contribution >= 4 is 11.6 Å². The van der Waals surface area contributed by atoms with Gasteiger partial charge in [-0.3, -0.25) is 9.59 Å². The van der Waals surface area contributed by atoms with Gasteiger partial charge >= 0.3 is 0 Å². The van der Waals surface area contributed by atoms with E-state index in [1.165, 1.54) is 0 Å². The Hall–Kier alpha value is -1.04. The highest BCUT2D eigenvalue weighted by molar-refractivity contribution is 5.92. The largest absolute Gasteiger partial charge is 0.396 e. The first-order valence-electron chi connectivity index (χ1n) is 10.0. The number of fused-ring (bicyclic) bond motifs is 5. The van der Waals surface area contributed by atoms with Crippen LogP contribution in [0.1, 0.15) is 51.9 Å². The van der Waals surface area contributed by atoms with Gasteiger partial charge in [-0.25, -0.2) is 0 Å². The van der Waals surface area contributed by atoms with Crippen molar-refractivity contribution in [2.45, 2.75) is 58.0 Å². The fourth-order valence-corrected chi connectivity index (χ4v) is 7.32. The molecule has 5 nitrogen and oxygen atoms in total. The van der Waals surface area contributed by atoms with E-state index in [9.17, 15) is 24.9 Å². The second kappa shape index (κ2) is 6.25. The van der Waals surface area contributed by atoms with E-state index in [1.54, 1.807) is 6.08 Å². The Morgan fingerprint density at radius 2 is 1.96 bits per heavy atom. The second-order valence-electron chi connectivity index (χ2n) is 9.24. The summed E-state index contributed by atoms with van der Waals surface area (Å²) in [6, 6.07) is 0. The summed E-state index contributed by atoms with van der Waals surface area (Å²) in [5.41, 5.74) is 0.325. The molecule has 7 atom stereocenters. The molecule has 26 heavy (non-hydrogen) atoms. The molecule has 3 fully saturated rings. The molecule has 0 aromatic rings. The molecule has 4 aliphatic carbocycles. The summed E-state index contributed by atoms with van der Waals surface area (Å²) < 4.78 is 0. The van der Waals surface area contributed by atoms with E-state index in [4.69, 9.17) is 0 Å². The van der Waals surface area contributed by atoms with Crippen LogP contribution in [0.15, 0.2) is 11.6 Å². The Balaban J connectivity index is 1.70. The molecule has 144 valence electrons. The zero-order chi connectivity index (χ0) is 18.7. The Kier molecular flexibility index (Phi) is 4.41. The van der Waals surface area contributed by atoms with Crippen molar-refractivity contribution in [2.75, 3.05) is 13.2 Å². The van der Waals surface area contributed by atoms with Crippen molar-refractivity contribution in [3.8, 4) is 0 Å². The number of ketones is 2. The molecule has 0 aromatic carbocycles. The van der Waals surface area contributed by atoms with Crippen molar-refractivity contribution in [2.24, 2.45) is 34.5 Å². The first-order chi connectivity index (χ1) is 12.4. The quantitative estimate of drug-likeness (QED) is 0.709. The zero-order valence-corrected chi connectivity index (χ0v) is 15.5. The summed E-state index contributed by atoms with van der Waals surface area (Å²) in [4.78, 5) is 24.3. The van der Waals surface area contributed by atoms with Gasteiger partial charge < -0.3 is 15.3 Å². The molecule has 0 radical (unpaired) electrons. The third-order valence-electron chi connectivity index (χ3n) is 8.62. The van der Waals surface area contributed by atoms with E-state index in [2.05, 4.69) is 6.92 Å². The van der Waals surface area contributed by atoms with E-state index < -0.39 is 18.1 Å². The van der Waals surface area contributed by atoms with Crippen molar-refractivity contribution in [3.63, 3.8) is 0 Å². The molecule has 3 saturated carbocycles. The number of aliphatic hydroxyl groups excluding tert-OH is 3. The van der Waals surface area contributed by atoms with E-state index in [1.807, 2.05) is 0 Å². The maximum absolute atomic E-state index is 12.3. The molecule has 0 aromatic heterocycles. The summed E-state index contributed by atoms with van der Waals surface area (Å²) >= 11 is 0. The van der Waals surface area contributed by atoms with Gasteiger partial charge in [-0.1, -0.05) is 12.5 Å². The predicted octanol–water partition coefficient (Wildman–Crippen LogP) is 1.64. The van der Waals surface area contributed by atoms with Gasteiger partial charge in [-0.15, -0.1) is 0 Å². The fraction of sp³-hybridized carbons (Fsp3) is 0.810. The number of carbonyl (C=O) groups excluding carboxylic acids is 2. The Morgan fingerprint density at radius 1 is 1.19 bits per heavy atom. The highest BCUT2D eigenvalue weighted by atomic mass is 16.3. The van der Waals surface area contributed by atoms with Crippen LogP contribution in [-0.4, -0.2) is 46.2 Å². The number of Topliss-reactive ketones (excluding diaryl/α,β-unsaturated/α-hetero) is 1. The first kappa shape index (κ1) is 18.3. The SMILES string of the molecule is C[C@@]12C(=CC(=O)C[C@H]1O)CC[C@H]1[C@@H]3CC[C@H](C(=O)CO)[C@@]3(CO)CC[C@@H]12. The van der Waals surface area contributed by atoms with Gasteiger partial charge in [0.25, 0.3) is 0 Å². The van der Waals surface area contributed by atoms with Gasteiger partial charge in [0.2, 0.25) is 0 Å². The number of aliphatic hydroxyl groups is 3. The van der Waals surface area contributed by atoms with Crippen LogP contribution >= 0.6 is 0 Å². The lowest BCUT2D eigenvalue weighted by Crippen LogP contribution is -2.56. The van der Waals surface area contributed by atoms with Gasteiger partial charge in [0.05, 0.1) is 6.10 Å². The average Bonchev–Trinajstić information content (AvgIpc) is 3.02. The van der Waals surface area contributed by atoms with Crippen LogP contribution in [-0.2, 0) is 9.59 Å². The number of rotatable bonds is 3. The molecule has 4 aliphatic rings. The minimum Gasteiger partial charge on any atom is -0.396 e. The fourth-order valence-electron chi connectivity index (χ4n) is 7.32. The lowest BCUT2D eigenvalue weighted by molar-refractivity contribution is -0.143. The smallest absolute Gasteiger partial charge is 0.161 e. The van der Waals surface area contributed by atoms with Gasteiger partial charge in [0.1, 0.15) is 6.61 Å². The lowest BCUT2D eigenvalue weighted by atomic mass is 9.46. The molecule has 0 heterocycles. The first-order valence-corrected chi connectivity index (χ1v) is 10.0. The summed E-state index contributed by atoms with van der Waals surface area (Å²) in [5.74, 6) is 0.556. The van der Waals surface area contributed by atoms with E-state index >= 15 is 0 Å². The summed E-state index contributed by atoms with van der Waals surface area (Å²) in [7, 11) is 0. The van der Waals surface area contributed by atoms with Crippen LogP contribution in [0.5, 0.6) is 0 Å². The summed E-state index contributed by atoms with van der Waals surface area (Å²) in [6.45, 7) is 1.67. The van der Waals surface area contributed by atoms with Crippen LogP contribution < -0.4 is 0 Å². The van der Waals surface area contributed by atoms with Crippen LogP contribution in [0.2, 0.25) is 0 Å². The maximum atomic E-state index is 12.3. The van der Waals surface area contributed by atoms with Crippen LogP contribution in [0, 0.1) is 34.5 Å². The number of hydrogen-bond acceptors (Lipinski definition) is 5. The van der Waals surface area contributed by atoms with Crippen molar-refractivity contribution in [3.05, 3.63) is 11.6 Å². The van der Waals surface area contributed by atoms with Gasteiger partial charge in [0.15, 0.2) is 11.6 Å². The van der Waals surface area contributed by atoms with Gasteiger partial charge in [0, 0.05) is 29.8 Å². The highest BCUT2D eigenvalue weighted by Crippen LogP contribution is 2.66. The number of carbonyl (C=O) groups is 2. The maximum Gasteiger partial charge on any atom is 0.161 e. The minimum absolute atomic E-state index is 0.00224. The van der Waals surface area contributed by atoms with Crippen molar-refractivity contribution in [1.82, 2.24) is 0 Å². The molecule has 0 aliphatic heterocycles. The lowest BCUT2D eigenvalue weighted by Gasteiger charge is -2.59. The van der Waals surface area contributed by atoms with E-state index in [0.29, 0.717) is 11.8 Å². The molecule has 4 rings (SSSR count). The van der Waals surface area contributed by atoms with Crippen LogP contribution in [0.3, 0.4) is 0 Å². The molecule has 0 spiro atoms. The van der Waals surface area contributed by atoms with Gasteiger partial charge in [-0.2, -0.15) is 0 Å².